The van der Waals surface area contributed by atoms with Gasteiger partial charge in [0, 0.05) is 23.7 Å². The summed E-state index contributed by atoms with van der Waals surface area (Å²) in [6.45, 7) is 0.505. The molecule has 0 fully saturated rings. The van der Waals surface area contributed by atoms with Crippen molar-refractivity contribution < 1.29 is 4.79 Å². The molecule has 2 heterocycles. The van der Waals surface area contributed by atoms with E-state index in [-0.39, 0.29) is 11.3 Å². The number of hydrogen-bond donors (Lipinski definition) is 1. The number of aryl methyl sites for hydroxylation is 1. The molecule has 0 unspecified atom stereocenters. The number of hydrogen-bond acceptors (Lipinski definition) is 4. The first-order valence-corrected chi connectivity index (χ1v) is 7.95. The summed E-state index contributed by atoms with van der Waals surface area (Å²) in [5.41, 5.74) is 0.924. The summed E-state index contributed by atoms with van der Waals surface area (Å²) >= 11 is 3.50. The van der Waals surface area contributed by atoms with Crippen LogP contribution in [0, 0.1) is 0 Å². The molecular formula is C16H14BrN5O2. The molecule has 0 spiro atoms. The van der Waals surface area contributed by atoms with E-state index >= 15 is 0 Å². The van der Waals surface area contributed by atoms with Crippen LogP contribution in [-0.4, -0.2) is 25.5 Å². The number of rotatable bonds is 4. The number of nitrogens with zero attached hydrogens (tertiary/aromatic N) is 4. The summed E-state index contributed by atoms with van der Waals surface area (Å²) in [6.07, 6.45) is 1.61. The van der Waals surface area contributed by atoms with Crippen LogP contribution in [0.5, 0.6) is 0 Å². The van der Waals surface area contributed by atoms with Crippen LogP contribution in [0.3, 0.4) is 0 Å². The zero-order valence-corrected chi connectivity index (χ0v) is 14.4. The third-order valence-electron chi connectivity index (χ3n) is 3.43. The van der Waals surface area contributed by atoms with Gasteiger partial charge in [-0.05, 0) is 17.7 Å². The summed E-state index contributed by atoms with van der Waals surface area (Å²) in [6, 6.07) is 12.2. The fourth-order valence-corrected chi connectivity index (χ4v) is 2.57. The van der Waals surface area contributed by atoms with Crippen LogP contribution < -0.4 is 10.9 Å². The molecule has 0 atom stereocenters. The second-order valence-electron chi connectivity index (χ2n) is 5.10. The van der Waals surface area contributed by atoms with Crippen LogP contribution in [-0.2, 0) is 13.6 Å². The van der Waals surface area contributed by atoms with Gasteiger partial charge in [0.15, 0.2) is 0 Å². The average Bonchev–Trinajstić information content (AvgIpc) is 2.99. The summed E-state index contributed by atoms with van der Waals surface area (Å²) in [5, 5.41) is 10.9. The molecule has 0 aliphatic heterocycles. The Kier molecular flexibility index (Phi) is 4.57. The highest BCUT2D eigenvalue weighted by Gasteiger charge is 2.12. The third kappa shape index (κ3) is 3.43. The lowest BCUT2D eigenvalue weighted by molar-refractivity contribution is 0.101. The molecule has 0 saturated heterocycles. The molecule has 0 saturated carbocycles. The van der Waals surface area contributed by atoms with E-state index in [0.29, 0.717) is 12.4 Å². The van der Waals surface area contributed by atoms with Gasteiger partial charge in [0.05, 0.1) is 12.7 Å². The first-order valence-electron chi connectivity index (χ1n) is 7.15. The lowest BCUT2D eigenvalue weighted by Gasteiger charge is -2.10. The van der Waals surface area contributed by atoms with Crippen LogP contribution in [0.15, 0.2) is 57.9 Å². The van der Waals surface area contributed by atoms with Crippen molar-refractivity contribution in [2.45, 2.75) is 6.54 Å². The van der Waals surface area contributed by atoms with Gasteiger partial charge in [-0.3, -0.25) is 9.59 Å². The normalized spacial score (nSPS) is 10.6. The second kappa shape index (κ2) is 6.79. The van der Waals surface area contributed by atoms with E-state index in [1.807, 2.05) is 24.3 Å². The third-order valence-corrected chi connectivity index (χ3v) is 4.20. The first kappa shape index (κ1) is 16.1. The fraction of sp³-hybridized carbons (Fsp3) is 0.125. The lowest BCUT2D eigenvalue weighted by atomic mass is 10.2. The lowest BCUT2D eigenvalue weighted by Crippen LogP contribution is -2.24. The summed E-state index contributed by atoms with van der Waals surface area (Å²) < 4.78 is 3.77. The number of halogens is 1. The molecule has 1 aromatic carbocycles. The molecule has 0 aliphatic rings. The number of amides is 1. The van der Waals surface area contributed by atoms with Crippen molar-refractivity contribution in [3.63, 3.8) is 0 Å². The zero-order chi connectivity index (χ0) is 17.1. The predicted molar refractivity (Wildman–Crippen MR) is 92.9 cm³/mol. The van der Waals surface area contributed by atoms with Crippen LogP contribution in [0.4, 0.5) is 5.82 Å². The maximum absolute atomic E-state index is 12.3. The molecule has 2 aromatic heterocycles. The molecule has 3 rings (SSSR count). The molecule has 1 N–H and O–H groups in total. The molecule has 0 aliphatic carbocycles. The number of aromatic nitrogens is 4. The minimum Gasteiger partial charge on any atom is -0.305 e. The Morgan fingerprint density at radius 1 is 1.21 bits per heavy atom. The molecule has 0 radical (unpaired) electrons. The standard InChI is InChI=1S/C16H14BrN5O2/c1-21-15(23)7-6-13(20-21)16(24)19-14-8-9-18-22(14)10-11-4-2-3-5-12(11)17/h2-9H,10H2,1H3,(H,19,24). The van der Waals surface area contributed by atoms with Gasteiger partial charge in [-0.2, -0.15) is 10.2 Å². The molecule has 8 heteroatoms. The van der Waals surface area contributed by atoms with E-state index in [9.17, 15) is 9.59 Å². The van der Waals surface area contributed by atoms with Crippen molar-refractivity contribution in [2.24, 2.45) is 7.05 Å². The topological polar surface area (TPSA) is 81.8 Å². The summed E-state index contributed by atoms with van der Waals surface area (Å²) in [5.74, 6) is 0.144. The van der Waals surface area contributed by atoms with Gasteiger partial charge in [0.2, 0.25) is 0 Å². The number of nitrogens with one attached hydrogen (secondary N) is 1. The molecule has 3 aromatic rings. The van der Waals surface area contributed by atoms with Gasteiger partial charge < -0.3 is 5.32 Å². The predicted octanol–water partition coefficient (Wildman–Crippen LogP) is 2.04. The minimum atomic E-state index is -0.403. The van der Waals surface area contributed by atoms with E-state index in [0.717, 1.165) is 14.7 Å². The Morgan fingerprint density at radius 2 is 2.00 bits per heavy atom. The highest BCUT2D eigenvalue weighted by Crippen LogP contribution is 2.18. The Morgan fingerprint density at radius 3 is 2.75 bits per heavy atom. The molecule has 0 bridgehead atoms. The van der Waals surface area contributed by atoms with Crippen molar-refractivity contribution in [1.82, 2.24) is 19.6 Å². The van der Waals surface area contributed by atoms with Crippen LogP contribution in [0.2, 0.25) is 0 Å². The smallest absolute Gasteiger partial charge is 0.277 e. The number of carbonyl (C=O) groups is 1. The highest BCUT2D eigenvalue weighted by molar-refractivity contribution is 9.10. The Balaban J connectivity index is 1.80. The van der Waals surface area contributed by atoms with E-state index < -0.39 is 5.91 Å². The Bertz CT molecular complexity index is 947. The van der Waals surface area contributed by atoms with Crippen LogP contribution in [0.1, 0.15) is 16.1 Å². The van der Waals surface area contributed by atoms with Crippen LogP contribution >= 0.6 is 15.9 Å². The molecule has 7 nitrogen and oxygen atoms in total. The van der Waals surface area contributed by atoms with Crippen molar-refractivity contribution in [3.05, 3.63) is 74.7 Å². The molecule has 122 valence electrons. The number of anilines is 1. The van der Waals surface area contributed by atoms with Crippen LogP contribution in [0.25, 0.3) is 0 Å². The second-order valence-corrected chi connectivity index (χ2v) is 5.95. The van der Waals surface area contributed by atoms with Crippen molar-refractivity contribution >= 4 is 27.7 Å². The molecule has 1 amide bonds. The largest absolute Gasteiger partial charge is 0.305 e. The van der Waals surface area contributed by atoms with Gasteiger partial charge in [-0.15, -0.1) is 0 Å². The maximum Gasteiger partial charge on any atom is 0.277 e. The van der Waals surface area contributed by atoms with Crippen molar-refractivity contribution in [3.8, 4) is 0 Å². The quantitative estimate of drug-likeness (QED) is 0.742. The Labute approximate surface area is 146 Å². The number of carbonyl (C=O) groups excluding carboxylic acids is 1. The summed E-state index contributed by atoms with van der Waals surface area (Å²) in [7, 11) is 1.50. The summed E-state index contributed by atoms with van der Waals surface area (Å²) in [4.78, 5) is 23.7. The first-order chi connectivity index (χ1) is 11.5. The maximum atomic E-state index is 12.3. The highest BCUT2D eigenvalue weighted by atomic mass is 79.9. The van der Waals surface area contributed by atoms with Gasteiger partial charge in [-0.1, -0.05) is 34.1 Å². The minimum absolute atomic E-state index is 0.158. The Hall–Kier alpha value is -2.74. The monoisotopic (exact) mass is 387 g/mol. The van der Waals surface area contributed by atoms with Gasteiger partial charge in [0.25, 0.3) is 11.5 Å². The fourth-order valence-electron chi connectivity index (χ4n) is 2.16. The van der Waals surface area contributed by atoms with Gasteiger partial charge in [-0.25, -0.2) is 9.36 Å². The van der Waals surface area contributed by atoms with Crippen molar-refractivity contribution in [2.75, 3.05) is 5.32 Å². The van der Waals surface area contributed by atoms with E-state index in [1.54, 1.807) is 16.9 Å². The zero-order valence-electron chi connectivity index (χ0n) is 12.8. The van der Waals surface area contributed by atoms with Crippen molar-refractivity contribution in [1.29, 1.82) is 0 Å². The van der Waals surface area contributed by atoms with E-state index in [4.69, 9.17) is 0 Å². The van der Waals surface area contributed by atoms with Gasteiger partial charge >= 0.3 is 0 Å². The average molecular weight is 388 g/mol. The molecular weight excluding hydrogens is 374 g/mol. The molecule has 24 heavy (non-hydrogen) atoms. The SMILES string of the molecule is Cn1nc(C(=O)Nc2ccnn2Cc2ccccc2Br)ccc1=O. The van der Waals surface area contributed by atoms with Gasteiger partial charge in [0.1, 0.15) is 11.5 Å². The van der Waals surface area contributed by atoms with E-state index in [1.165, 1.54) is 19.2 Å². The number of benzene rings is 1. The van der Waals surface area contributed by atoms with E-state index in [2.05, 4.69) is 31.4 Å².